The molecule has 0 atom stereocenters. The molecule has 72 valence electrons. The first kappa shape index (κ1) is 9.92. The highest BCUT2D eigenvalue weighted by atomic mass is 127. The van der Waals surface area contributed by atoms with Crippen molar-refractivity contribution < 1.29 is 4.74 Å². The average molecular weight is 321 g/mol. The normalized spacial score (nSPS) is 10.5. The Hall–Kier alpha value is -0.620. The SMILES string of the molecule is COc1ccc2c(Cl)c(I)nnc2c1. The van der Waals surface area contributed by atoms with Gasteiger partial charge in [-0.15, -0.1) is 10.2 Å². The smallest absolute Gasteiger partial charge is 0.143 e. The third-order valence-corrected chi connectivity index (χ3v) is 3.32. The van der Waals surface area contributed by atoms with Crippen molar-refractivity contribution in [2.75, 3.05) is 7.11 Å². The second-order valence-corrected chi connectivity index (χ2v) is 4.09. The maximum atomic E-state index is 6.07. The van der Waals surface area contributed by atoms with E-state index < -0.39 is 0 Å². The lowest BCUT2D eigenvalue weighted by Crippen LogP contribution is -1.91. The predicted molar refractivity (Wildman–Crippen MR) is 63.8 cm³/mol. The van der Waals surface area contributed by atoms with E-state index in [-0.39, 0.29) is 0 Å². The second kappa shape index (κ2) is 3.86. The quantitative estimate of drug-likeness (QED) is 0.758. The minimum atomic E-state index is 0.637. The molecule has 0 saturated carbocycles. The molecule has 0 fully saturated rings. The first-order valence-electron chi connectivity index (χ1n) is 3.88. The van der Waals surface area contributed by atoms with Crippen LogP contribution in [0.2, 0.25) is 5.02 Å². The number of benzene rings is 1. The Bertz CT molecular complexity index is 489. The van der Waals surface area contributed by atoms with Gasteiger partial charge in [-0.05, 0) is 34.7 Å². The van der Waals surface area contributed by atoms with Crippen molar-refractivity contribution in [2.45, 2.75) is 0 Å². The van der Waals surface area contributed by atoms with Crippen LogP contribution in [0.25, 0.3) is 10.9 Å². The molecule has 1 aromatic heterocycles. The molecule has 14 heavy (non-hydrogen) atoms. The molecule has 0 bridgehead atoms. The third-order valence-electron chi connectivity index (χ3n) is 1.87. The maximum Gasteiger partial charge on any atom is 0.143 e. The number of halogens is 2. The van der Waals surface area contributed by atoms with Gasteiger partial charge in [0.1, 0.15) is 9.45 Å². The van der Waals surface area contributed by atoms with Gasteiger partial charge in [-0.1, -0.05) is 11.6 Å². The van der Waals surface area contributed by atoms with Crippen molar-refractivity contribution >= 4 is 45.1 Å². The number of hydrogen-bond donors (Lipinski definition) is 0. The van der Waals surface area contributed by atoms with Crippen LogP contribution >= 0.6 is 34.2 Å². The monoisotopic (exact) mass is 320 g/mol. The molecule has 0 unspecified atom stereocenters. The van der Waals surface area contributed by atoms with Crippen molar-refractivity contribution in [3.8, 4) is 5.75 Å². The Balaban J connectivity index is 2.74. The fourth-order valence-corrected chi connectivity index (χ4v) is 1.76. The van der Waals surface area contributed by atoms with E-state index in [2.05, 4.69) is 32.8 Å². The Morgan fingerprint density at radius 1 is 1.36 bits per heavy atom. The lowest BCUT2D eigenvalue weighted by molar-refractivity contribution is 0.415. The van der Waals surface area contributed by atoms with Gasteiger partial charge >= 0.3 is 0 Å². The van der Waals surface area contributed by atoms with Crippen molar-refractivity contribution in [1.82, 2.24) is 10.2 Å². The zero-order chi connectivity index (χ0) is 10.1. The Morgan fingerprint density at radius 2 is 2.14 bits per heavy atom. The summed E-state index contributed by atoms with van der Waals surface area (Å²) in [7, 11) is 1.61. The standard InChI is InChI=1S/C9H6ClIN2O/c1-14-5-2-3-6-7(4-5)12-13-9(11)8(6)10/h2-4H,1H3. The fraction of sp³-hybridized carbons (Fsp3) is 0.111. The first-order chi connectivity index (χ1) is 6.72. The Kier molecular flexibility index (Phi) is 2.73. The highest BCUT2D eigenvalue weighted by Gasteiger charge is 2.06. The molecule has 2 aromatic rings. The molecule has 3 nitrogen and oxygen atoms in total. The van der Waals surface area contributed by atoms with Gasteiger partial charge in [0.15, 0.2) is 0 Å². The zero-order valence-electron chi connectivity index (χ0n) is 7.29. The molecular formula is C9H6ClIN2O. The lowest BCUT2D eigenvalue weighted by atomic mass is 10.2. The van der Waals surface area contributed by atoms with Gasteiger partial charge in [0.2, 0.25) is 0 Å². The van der Waals surface area contributed by atoms with E-state index in [0.29, 0.717) is 8.72 Å². The minimum absolute atomic E-state index is 0.637. The number of rotatable bonds is 1. The molecule has 1 heterocycles. The highest BCUT2D eigenvalue weighted by molar-refractivity contribution is 14.1. The van der Waals surface area contributed by atoms with Crippen LogP contribution in [-0.2, 0) is 0 Å². The molecule has 0 aliphatic rings. The molecule has 0 radical (unpaired) electrons. The first-order valence-corrected chi connectivity index (χ1v) is 5.33. The summed E-state index contributed by atoms with van der Waals surface area (Å²) >= 11 is 8.12. The molecule has 0 amide bonds. The molecule has 0 aliphatic carbocycles. The minimum Gasteiger partial charge on any atom is -0.497 e. The summed E-state index contributed by atoms with van der Waals surface area (Å²) in [4.78, 5) is 0. The molecule has 2 rings (SSSR count). The zero-order valence-corrected chi connectivity index (χ0v) is 10.2. The van der Waals surface area contributed by atoms with Crippen LogP contribution < -0.4 is 4.74 Å². The average Bonchev–Trinajstić information content (AvgIpc) is 2.23. The van der Waals surface area contributed by atoms with Gasteiger partial charge in [0, 0.05) is 11.5 Å². The Morgan fingerprint density at radius 3 is 2.86 bits per heavy atom. The lowest BCUT2D eigenvalue weighted by Gasteiger charge is -2.03. The molecule has 0 aliphatic heterocycles. The van der Waals surface area contributed by atoms with E-state index in [1.54, 1.807) is 7.11 Å². The van der Waals surface area contributed by atoms with Crippen LogP contribution in [-0.4, -0.2) is 17.3 Å². The number of ether oxygens (including phenoxy) is 1. The number of methoxy groups -OCH3 is 1. The summed E-state index contributed by atoms with van der Waals surface area (Å²) in [6, 6.07) is 5.55. The Labute approximate surface area is 99.6 Å². The van der Waals surface area contributed by atoms with Gasteiger partial charge in [-0.3, -0.25) is 0 Å². The maximum absolute atomic E-state index is 6.07. The van der Waals surface area contributed by atoms with Crippen LogP contribution in [0.1, 0.15) is 0 Å². The summed E-state index contributed by atoms with van der Waals surface area (Å²) in [6.45, 7) is 0. The number of aromatic nitrogens is 2. The number of nitrogens with zero attached hydrogens (tertiary/aromatic N) is 2. The molecule has 0 saturated heterocycles. The van der Waals surface area contributed by atoms with Gasteiger partial charge in [-0.2, -0.15) is 0 Å². The van der Waals surface area contributed by atoms with Crippen molar-refractivity contribution in [1.29, 1.82) is 0 Å². The summed E-state index contributed by atoms with van der Waals surface area (Å²) in [5.74, 6) is 0.754. The molecule has 0 spiro atoms. The molecule has 0 N–H and O–H groups in total. The van der Waals surface area contributed by atoms with E-state index >= 15 is 0 Å². The molecule has 1 aromatic carbocycles. The highest BCUT2D eigenvalue weighted by Crippen LogP contribution is 2.27. The summed E-state index contributed by atoms with van der Waals surface area (Å²) in [6.07, 6.45) is 0. The number of hydrogen-bond acceptors (Lipinski definition) is 3. The topological polar surface area (TPSA) is 35.0 Å². The van der Waals surface area contributed by atoms with Crippen LogP contribution in [0.15, 0.2) is 18.2 Å². The second-order valence-electron chi connectivity index (χ2n) is 2.69. The van der Waals surface area contributed by atoms with Crippen LogP contribution in [0.5, 0.6) is 5.75 Å². The summed E-state index contributed by atoms with van der Waals surface area (Å²) in [5, 5.41) is 9.49. The van der Waals surface area contributed by atoms with Crippen molar-refractivity contribution in [3.63, 3.8) is 0 Å². The van der Waals surface area contributed by atoms with E-state index in [1.165, 1.54) is 0 Å². The third kappa shape index (κ3) is 1.64. The van der Waals surface area contributed by atoms with Gasteiger partial charge in [0.05, 0.1) is 17.6 Å². The van der Waals surface area contributed by atoms with Crippen LogP contribution in [0, 0.1) is 3.70 Å². The number of fused-ring (bicyclic) bond motifs is 1. The van der Waals surface area contributed by atoms with Crippen molar-refractivity contribution in [3.05, 3.63) is 26.9 Å². The van der Waals surface area contributed by atoms with Crippen LogP contribution in [0.4, 0.5) is 0 Å². The summed E-state index contributed by atoms with van der Waals surface area (Å²) in [5.41, 5.74) is 0.745. The van der Waals surface area contributed by atoms with E-state index in [1.807, 2.05) is 18.2 Å². The van der Waals surface area contributed by atoms with Gasteiger partial charge in [0.25, 0.3) is 0 Å². The largest absolute Gasteiger partial charge is 0.497 e. The van der Waals surface area contributed by atoms with Crippen LogP contribution in [0.3, 0.4) is 0 Å². The molecule has 5 heteroatoms. The van der Waals surface area contributed by atoms with E-state index in [9.17, 15) is 0 Å². The van der Waals surface area contributed by atoms with Gasteiger partial charge in [-0.25, -0.2) is 0 Å². The van der Waals surface area contributed by atoms with Crippen molar-refractivity contribution in [2.24, 2.45) is 0 Å². The fourth-order valence-electron chi connectivity index (χ4n) is 1.16. The predicted octanol–water partition coefficient (Wildman–Crippen LogP) is 2.90. The molecular weight excluding hydrogens is 314 g/mol. The van der Waals surface area contributed by atoms with Gasteiger partial charge < -0.3 is 4.74 Å². The summed E-state index contributed by atoms with van der Waals surface area (Å²) < 4.78 is 5.79. The van der Waals surface area contributed by atoms with E-state index in [0.717, 1.165) is 16.7 Å². The van der Waals surface area contributed by atoms with E-state index in [4.69, 9.17) is 16.3 Å².